The monoisotopic (exact) mass is 398 g/mol. The van der Waals surface area contributed by atoms with Crippen LogP contribution in [0, 0.1) is 0 Å². The van der Waals surface area contributed by atoms with E-state index in [4.69, 9.17) is 16.2 Å². The fourth-order valence-electron chi connectivity index (χ4n) is 3.30. The van der Waals surface area contributed by atoms with Gasteiger partial charge in [-0.25, -0.2) is 13.2 Å². The molecule has 27 heavy (non-hydrogen) atoms. The SMILES string of the molecule is CCOCCCC1(C(N)=O)CN(C(N)=O)CCN1S(=O)(=O)c1ccccc1. The van der Waals surface area contributed by atoms with Crippen LogP contribution in [-0.2, 0) is 19.6 Å². The number of primary amides is 2. The van der Waals surface area contributed by atoms with Crippen LogP contribution in [0.5, 0.6) is 0 Å². The molecule has 0 aliphatic carbocycles. The Balaban J connectivity index is 2.45. The average Bonchev–Trinajstić information content (AvgIpc) is 2.65. The number of benzene rings is 1. The van der Waals surface area contributed by atoms with Gasteiger partial charge in [0.25, 0.3) is 0 Å². The molecule has 10 heteroatoms. The van der Waals surface area contributed by atoms with Crippen molar-refractivity contribution in [3.63, 3.8) is 0 Å². The van der Waals surface area contributed by atoms with Gasteiger partial charge in [0.1, 0.15) is 5.54 Å². The Morgan fingerprint density at radius 3 is 2.41 bits per heavy atom. The van der Waals surface area contributed by atoms with Crippen molar-refractivity contribution in [1.29, 1.82) is 0 Å². The minimum Gasteiger partial charge on any atom is -0.382 e. The minimum absolute atomic E-state index is 0.0629. The van der Waals surface area contributed by atoms with E-state index in [2.05, 4.69) is 0 Å². The molecule has 0 radical (unpaired) electrons. The number of urea groups is 1. The number of hydrogen-bond donors (Lipinski definition) is 2. The Hall–Kier alpha value is -2.17. The summed E-state index contributed by atoms with van der Waals surface area (Å²) in [5, 5.41) is 0. The third-order valence-corrected chi connectivity index (χ3v) is 6.67. The van der Waals surface area contributed by atoms with Crippen molar-refractivity contribution in [3.05, 3.63) is 30.3 Å². The van der Waals surface area contributed by atoms with Gasteiger partial charge in [0.15, 0.2) is 0 Å². The van der Waals surface area contributed by atoms with E-state index in [1.54, 1.807) is 18.2 Å². The topological polar surface area (TPSA) is 136 Å². The highest BCUT2D eigenvalue weighted by Gasteiger charge is 2.52. The van der Waals surface area contributed by atoms with Crippen molar-refractivity contribution < 1.29 is 22.7 Å². The molecule has 0 spiro atoms. The first-order chi connectivity index (χ1) is 12.8. The van der Waals surface area contributed by atoms with Crippen molar-refractivity contribution in [2.45, 2.75) is 30.2 Å². The number of nitrogens with zero attached hydrogens (tertiary/aromatic N) is 2. The molecular weight excluding hydrogens is 372 g/mol. The van der Waals surface area contributed by atoms with Crippen LogP contribution in [0.1, 0.15) is 19.8 Å². The minimum atomic E-state index is -3.99. The number of carbonyl (C=O) groups excluding carboxylic acids is 2. The zero-order chi connectivity index (χ0) is 20.1. The predicted octanol–water partition coefficient (Wildman–Crippen LogP) is 0.112. The number of nitrogens with two attached hydrogens (primary N) is 2. The van der Waals surface area contributed by atoms with Gasteiger partial charge < -0.3 is 21.1 Å². The fraction of sp³-hybridized carbons (Fsp3) is 0.529. The maximum Gasteiger partial charge on any atom is 0.314 e. The van der Waals surface area contributed by atoms with Crippen molar-refractivity contribution in [2.75, 3.05) is 32.8 Å². The molecule has 0 aromatic heterocycles. The maximum absolute atomic E-state index is 13.2. The molecular formula is C17H26N4O5S. The number of rotatable bonds is 8. The Labute approximate surface area is 159 Å². The fourth-order valence-corrected chi connectivity index (χ4v) is 5.07. The Bertz CT molecular complexity index is 771. The summed E-state index contributed by atoms with van der Waals surface area (Å²) in [5.74, 6) is -0.815. The third kappa shape index (κ3) is 4.40. The summed E-state index contributed by atoms with van der Waals surface area (Å²) in [6, 6.07) is 7.11. The molecule has 150 valence electrons. The van der Waals surface area contributed by atoms with Gasteiger partial charge in [-0.2, -0.15) is 4.31 Å². The molecule has 1 aliphatic rings. The molecule has 1 fully saturated rings. The van der Waals surface area contributed by atoms with Crippen LogP contribution < -0.4 is 11.5 Å². The number of amides is 3. The summed E-state index contributed by atoms with van der Waals surface area (Å²) in [5.41, 5.74) is 9.47. The van der Waals surface area contributed by atoms with Crippen molar-refractivity contribution in [2.24, 2.45) is 11.5 Å². The molecule has 1 atom stereocenters. The summed E-state index contributed by atoms with van der Waals surface area (Å²) in [7, 11) is -3.99. The van der Waals surface area contributed by atoms with Gasteiger partial charge in [-0.05, 0) is 31.9 Å². The molecule has 9 nitrogen and oxygen atoms in total. The van der Waals surface area contributed by atoms with Crippen LogP contribution in [0.3, 0.4) is 0 Å². The van der Waals surface area contributed by atoms with E-state index in [0.29, 0.717) is 19.6 Å². The quantitative estimate of drug-likeness (QED) is 0.599. The second-order valence-corrected chi connectivity index (χ2v) is 8.21. The summed E-state index contributed by atoms with van der Waals surface area (Å²) in [6.07, 6.45) is 0.530. The van der Waals surface area contributed by atoms with Crippen LogP contribution in [0.4, 0.5) is 4.79 Å². The summed E-state index contributed by atoms with van der Waals surface area (Å²) in [4.78, 5) is 25.5. The Kier molecular flexibility index (Phi) is 6.79. The number of carbonyl (C=O) groups is 2. The lowest BCUT2D eigenvalue weighted by molar-refractivity contribution is -0.130. The van der Waals surface area contributed by atoms with E-state index in [1.165, 1.54) is 17.0 Å². The Morgan fingerprint density at radius 2 is 1.85 bits per heavy atom. The highest BCUT2D eigenvalue weighted by molar-refractivity contribution is 7.89. The van der Waals surface area contributed by atoms with Crippen LogP contribution in [0.2, 0.25) is 0 Å². The second kappa shape index (κ2) is 8.68. The Morgan fingerprint density at radius 1 is 1.19 bits per heavy atom. The van der Waals surface area contributed by atoms with Gasteiger partial charge in [0.05, 0.1) is 11.4 Å². The van der Waals surface area contributed by atoms with Gasteiger partial charge in [0, 0.05) is 26.3 Å². The van der Waals surface area contributed by atoms with Gasteiger partial charge in [0.2, 0.25) is 15.9 Å². The third-order valence-electron chi connectivity index (χ3n) is 4.69. The van der Waals surface area contributed by atoms with Crippen molar-refractivity contribution >= 4 is 22.0 Å². The van der Waals surface area contributed by atoms with Gasteiger partial charge in [-0.1, -0.05) is 18.2 Å². The van der Waals surface area contributed by atoms with E-state index in [9.17, 15) is 18.0 Å². The smallest absolute Gasteiger partial charge is 0.314 e. The lowest BCUT2D eigenvalue weighted by Gasteiger charge is -2.47. The van der Waals surface area contributed by atoms with Crippen LogP contribution in [0.25, 0.3) is 0 Å². The van der Waals surface area contributed by atoms with E-state index < -0.39 is 27.5 Å². The lowest BCUT2D eigenvalue weighted by Crippen LogP contribution is -2.70. The normalized spacial score (nSPS) is 21.1. The first kappa shape index (κ1) is 21.1. The predicted molar refractivity (Wildman–Crippen MR) is 99.1 cm³/mol. The number of piperazine rings is 1. The molecule has 0 bridgehead atoms. The summed E-state index contributed by atoms with van der Waals surface area (Å²) < 4.78 is 32.9. The molecule has 1 unspecified atom stereocenters. The molecule has 0 saturated carbocycles. The van der Waals surface area contributed by atoms with Gasteiger partial charge in [-0.3, -0.25) is 4.79 Å². The van der Waals surface area contributed by atoms with E-state index in [-0.39, 0.29) is 31.0 Å². The molecule has 4 N–H and O–H groups in total. The van der Waals surface area contributed by atoms with Crippen LogP contribution in [0.15, 0.2) is 35.2 Å². The lowest BCUT2D eigenvalue weighted by atomic mass is 9.90. The molecule has 1 aromatic carbocycles. The first-order valence-corrected chi connectivity index (χ1v) is 10.2. The van der Waals surface area contributed by atoms with Gasteiger partial charge >= 0.3 is 6.03 Å². The maximum atomic E-state index is 13.2. The number of sulfonamides is 1. The zero-order valence-corrected chi connectivity index (χ0v) is 16.2. The highest BCUT2D eigenvalue weighted by atomic mass is 32.2. The average molecular weight is 398 g/mol. The molecule has 1 aromatic rings. The van der Waals surface area contributed by atoms with E-state index in [1.807, 2.05) is 6.92 Å². The first-order valence-electron chi connectivity index (χ1n) is 8.75. The van der Waals surface area contributed by atoms with Crippen LogP contribution >= 0.6 is 0 Å². The van der Waals surface area contributed by atoms with E-state index in [0.717, 1.165) is 4.31 Å². The molecule has 1 heterocycles. The largest absolute Gasteiger partial charge is 0.382 e. The van der Waals surface area contributed by atoms with Crippen molar-refractivity contribution in [1.82, 2.24) is 9.21 Å². The number of ether oxygens (including phenoxy) is 1. The van der Waals surface area contributed by atoms with E-state index >= 15 is 0 Å². The zero-order valence-electron chi connectivity index (χ0n) is 15.3. The molecule has 1 saturated heterocycles. The van der Waals surface area contributed by atoms with Gasteiger partial charge in [-0.15, -0.1) is 0 Å². The summed E-state index contributed by atoms with van der Waals surface area (Å²) in [6.45, 7) is 2.52. The molecule has 2 rings (SSSR count). The summed E-state index contributed by atoms with van der Waals surface area (Å²) >= 11 is 0. The second-order valence-electron chi connectivity index (χ2n) is 6.35. The molecule has 1 aliphatic heterocycles. The number of hydrogen-bond acceptors (Lipinski definition) is 5. The standard InChI is InChI=1S/C17H26N4O5S/c1-2-26-12-6-9-17(15(18)22)13-20(16(19)23)10-11-21(17)27(24,25)14-7-4-3-5-8-14/h3-5,7-8H,2,6,9-13H2,1H3,(H2,18,22)(H2,19,23). The molecule has 3 amide bonds. The van der Waals surface area contributed by atoms with Crippen LogP contribution in [-0.4, -0.2) is 67.9 Å². The highest BCUT2D eigenvalue weighted by Crippen LogP contribution is 2.32. The van der Waals surface area contributed by atoms with Crippen molar-refractivity contribution in [3.8, 4) is 0 Å².